The summed E-state index contributed by atoms with van der Waals surface area (Å²) in [5.41, 5.74) is 1.76. The number of ketones is 1. The van der Waals surface area contributed by atoms with E-state index in [2.05, 4.69) is 6.58 Å². The van der Waals surface area contributed by atoms with Gasteiger partial charge in [0, 0.05) is 12.0 Å². The highest BCUT2D eigenvalue weighted by Crippen LogP contribution is 2.18. The molecule has 1 nitrogen and oxygen atoms in total. The number of hydrogen-bond acceptors (Lipinski definition) is 1. The first-order valence-corrected chi connectivity index (χ1v) is 3.61. The van der Waals surface area contributed by atoms with E-state index in [-0.39, 0.29) is 5.78 Å². The molecule has 54 valence electrons. The van der Waals surface area contributed by atoms with Gasteiger partial charge in [0.1, 0.15) is 0 Å². The van der Waals surface area contributed by atoms with Crippen molar-refractivity contribution in [3.63, 3.8) is 0 Å². The molecule has 1 rings (SSSR count). The largest absolute Gasteiger partial charge is 0.294 e. The fourth-order valence-electron chi connectivity index (χ4n) is 1.17. The summed E-state index contributed by atoms with van der Waals surface area (Å²) in [5.74, 6) is 0.263. The molecule has 0 atom stereocenters. The Labute approximate surface area is 61.4 Å². The molecule has 0 aliphatic heterocycles. The lowest BCUT2D eigenvalue weighted by Gasteiger charge is -2.10. The molecule has 0 aromatic heterocycles. The van der Waals surface area contributed by atoms with Crippen molar-refractivity contribution in [1.82, 2.24) is 0 Å². The molecule has 0 heterocycles. The number of hydrogen-bond donors (Lipinski definition) is 0. The van der Waals surface area contributed by atoms with Gasteiger partial charge in [-0.3, -0.25) is 4.79 Å². The normalized spacial score (nSPS) is 18.5. The molecule has 0 spiro atoms. The fraction of sp³-hybridized carbons (Fsp3) is 0.444. The molecule has 0 aromatic carbocycles. The second kappa shape index (κ2) is 2.82. The number of allylic oxidation sites excluding steroid dienone is 3. The van der Waals surface area contributed by atoms with E-state index in [0.29, 0.717) is 6.42 Å². The number of Topliss-reactive ketones (excluding diaryl/α,β-unsaturated/α-hetero) is 1. The Morgan fingerprint density at radius 3 is 2.80 bits per heavy atom. The van der Waals surface area contributed by atoms with Crippen LogP contribution in [0, 0.1) is 0 Å². The SMILES string of the molecule is C=C(C)C1=CCCCC1=O. The van der Waals surface area contributed by atoms with Crippen molar-refractivity contribution >= 4 is 5.78 Å². The van der Waals surface area contributed by atoms with Crippen LogP contribution >= 0.6 is 0 Å². The van der Waals surface area contributed by atoms with Crippen molar-refractivity contribution in [2.75, 3.05) is 0 Å². The molecule has 0 saturated carbocycles. The molecule has 0 fully saturated rings. The third-order valence-corrected chi connectivity index (χ3v) is 1.72. The Morgan fingerprint density at radius 2 is 2.40 bits per heavy atom. The van der Waals surface area contributed by atoms with Crippen LogP contribution in [-0.2, 0) is 4.79 Å². The van der Waals surface area contributed by atoms with Gasteiger partial charge in [-0.25, -0.2) is 0 Å². The van der Waals surface area contributed by atoms with Crippen molar-refractivity contribution in [3.05, 3.63) is 23.8 Å². The Morgan fingerprint density at radius 1 is 1.70 bits per heavy atom. The Kier molecular flexibility index (Phi) is 2.05. The number of carbonyl (C=O) groups is 1. The van der Waals surface area contributed by atoms with Crippen LogP contribution in [0.25, 0.3) is 0 Å². The monoisotopic (exact) mass is 136 g/mol. The Bertz CT molecular complexity index is 199. The third kappa shape index (κ3) is 1.35. The molecular weight excluding hydrogens is 124 g/mol. The van der Waals surface area contributed by atoms with Gasteiger partial charge in [-0.2, -0.15) is 0 Å². The zero-order valence-corrected chi connectivity index (χ0v) is 6.31. The van der Waals surface area contributed by atoms with Crippen LogP contribution in [0.1, 0.15) is 26.2 Å². The molecule has 0 bridgehead atoms. The Balaban J connectivity index is 2.81. The van der Waals surface area contributed by atoms with Crippen LogP contribution in [0.4, 0.5) is 0 Å². The van der Waals surface area contributed by atoms with E-state index in [0.717, 1.165) is 24.0 Å². The Hall–Kier alpha value is -0.850. The second-order valence-corrected chi connectivity index (χ2v) is 2.71. The molecular formula is C9H12O. The fourth-order valence-corrected chi connectivity index (χ4v) is 1.17. The minimum absolute atomic E-state index is 0.263. The minimum Gasteiger partial charge on any atom is -0.294 e. The van der Waals surface area contributed by atoms with Gasteiger partial charge in [-0.05, 0) is 25.3 Å². The first-order valence-electron chi connectivity index (χ1n) is 3.61. The van der Waals surface area contributed by atoms with Gasteiger partial charge >= 0.3 is 0 Å². The molecule has 0 saturated heterocycles. The van der Waals surface area contributed by atoms with Crippen molar-refractivity contribution in [2.24, 2.45) is 0 Å². The highest BCUT2D eigenvalue weighted by Gasteiger charge is 2.12. The maximum Gasteiger partial charge on any atom is 0.162 e. The predicted molar refractivity (Wildman–Crippen MR) is 41.8 cm³/mol. The molecule has 0 radical (unpaired) electrons. The molecule has 0 N–H and O–H groups in total. The van der Waals surface area contributed by atoms with Crippen molar-refractivity contribution in [1.29, 1.82) is 0 Å². The molecule has 1 aliphatic carbocycles. The van der Waals surface area contributed by atoms with Gasteiger partial charge in [0.15, 0.2) is 5.78 Å². The van der Waals surface area contributed by atoms with Crippen molar-refractivity contribution in [3.8, 4) is 0 Å². The number of rotatable bonds is 1. The van der Waals surface area contributed by atoms with E-state index in [4.69, 9.17) is 0 Å². The van der Waals surface area contributed by atoms with E-state index in [1.165, 1.54) is 0 Å². The van der Waals surface area contributed by atoms with Crippen LogP contribution < -0.4 is 0 Å². The van der Waals surface area contributed by atoms with Crippen molar-refractivity contribution in [2.45, 2.75) is 26.2 Å². The molecule has 1 aliphatic rings. The highest BCUT2D eigenvalue weighted by atomic mass is 16.1. The molecule has 0 amide bonds. The maximum atomic E-state index is 11.1. The summed E-state index contributed by atoms with van der Waals surface area (Å²) in [7, 11) is 0. The first-order chi connectivity index (χ1) is 4.72. The summed E-state index contributed by atoms with van der Waals surface area (Å²) in [5, 5.41) is 0. The average molecular weight is 136 g/mol. The molecule has 0 unspecified atom stereocenters. The standard InChI is InChI=1S/C9H12O/c1-7(2)8-5-3-4-6-9(8)10/h5H,1,3-4,6H2,2H3. The van der Waals surface area contributed by atoms with Crippen molar-refractivity contribution < 1.29 is 4.79 Å². The lowest BCUT2D eigenvalue weighted by atomic mass is 9.94. The van der Waals surface area contributed by atoms with E-state index < -0.39 is 0 Å². The quantitative estimate of drug-likeness (QED) is 0.540. The zero-order chi connectivity index (χ0) is 7.56. The summed E-state index contributed by atoms with van der Waals surface area (Å²) in [6.45, 7) is 5.62. The van der Waals surface area contributed by atoms with Crippen LogP contribution in [0.15, 0.2) is 23.8 Å². The topological polar surface area (TPSA) is 17.1 Å². The highest BCUT2D eigenvalue weighted by molar-refractivity contribution is 5.99. The van der Waals surface area contributed by atoms with Gasteiger partial charge < -0.3 is 0 Å². The molecule has 0 aromatic rings. The number of carbonyl (C=O) groups excluding carboxylic acids is 1. The maximum absolute atomic E-state index is 11.1. The first kappa shape index (κ1) is 7.26. The van der Waals surface area contributed by atoms with Gasteiger partial charge in [-0.15, -0.1) is 0 Å². The minimum atomic E-state index is 0.263. The van der Waals surface area contributed by atoms with Crippen LogP contribution in [0.3, 0.4) is 0 Å². The zero-order valence-electron chi connectivity index (χ0n) is 6.31. The molecule has 1 heteroatoms. The van der Waals surface area contributed by atoms with Gasteiger partial charge in [0.25, 0.3) is 0 Å². The summed E-state index contributed by atoms with van der Waals surface area (Å²) < 4.78 is 0. The van der Waals surface area contributed by atoms with E-state index in [9.17, 15) is 4.79 Å². The van der Waals surface area contributed by atoms with Gasteiger partial charge in [-0.1, -0.05) is 12.7 Å². The lowest BCUT2D eigenvalue weighted by molar-refractivity contribution is -0.115. The predicted octanol–water partition coefficient (Wildman–Crippen LogP) is 2.24. The average Bonchev–Trinajstić information content (AvgIpc) is 1.88. The van der Waals surface area contributed by atoms with E-state index in [1.54, 1.807) is 0 Å². The van der Waals surface area contributed by atoms with Crippen LogP contribution in [-0.4, -0.2) is 5.78 Å². The van der Waals surface area contributed by atoms with Crippen LogP contribution in [0.5, 0.6) is 0 Å². The van der Waals surface area contributed by atoms with Gasteiger partial charge in [0.2, 0.25) is 0 Å². The van der Waals surface area contributed by atoms with Gasteiger partial charge in [0.05, 0.1) is 0 Å². The van der Waals surface area contributed by atoms with E-state index >= 15 is 0 Å². The molecule has 10 heavy (non-hydrogen) atoms. The summed E-state index contributed by atoms with van der Waals surface area (Å²) in [6.07, 6.45) is 4.75. The smallest absolute Gasteiger partial charge is 0.162 e. The summed E-state index contributed by atoms with van der Waals surface area (Å²) in [4.78, 5) is 11.1. The lowest BCUT2D eigenvalue weighted by Crippen LogP contribution is -2.07. The summed E-state index contributed by atoms with van der Waals surface area (Å²) >= 11 is 0. The summed E-state index contributed by atoms with van der Waals surface area (Å²) in [6, 6.07) is 0. The second-order valence-electron chi connectivity index (χ2n) is 2.71. The van der Waals surface area contributed by atoms with E-state index in [1.807, 2.05) is 13.0 Å². The van der Waals surface area contributed by atoms with Crippen LogP contribution in [0.2, 0.25) is 0 Å². The third-order valence-electron chi connectivity index (χ3n) is 1.72.